The van der Waals surface area contributed by atoms with Crippen molar-refractivity contribution < 1.29 is 9.53 Å². The molecular weight excluding hydrogens is 260 g/mol. The lowest BCUT2D eigenvalue weighted by Gasteiger charge is -2.20. The van der Waals surface area contributed by atoms with E-state index in [2.05, 4.69) is 10.3 Å². The van der Waals surface area contributed by atoms with Crippen LogP contribution in [0.3, 0.4) is 0 Å². The molecule has 1 aromatic carbocycles. The molecule has 0 saturated heterocycles. The highest BCUT2D eigenvalue weighted by Gasteiger charge is 2.23. The number of ether oxygens (including phenoxy) is 1. The minimum Gasteiger partial charge on any atom is -0.468 e. The van der Waals surface area contributed by atoms with E-state index in [1.165, 1.54) is 18.4 Å². The highest BCUT2D eigenvalue weighted by molar-refractivity contribution is 7.07. The number of aromatic nitrogens is 1. The average molecular weight is 276 g/mol. The molecule has 0 bridgehead atoms. The zero-order valence-electron chi connectivity index (χ0n) is 10.9. The standard InChI is InChI=1S/C14H16N2O2S/c1-10(12-8-19-9-15-12)16-13(14(17)18-2)11-6-4-3-5-7-11/h3-10,13,16H,1-2H3. The van der Waals surface area contributed by atoms with Crippen LogP contribution in [-0.4, -0.2) is 18.1 Å². The Labute approximate surface area is 116 Å². The Bertz CT molecular complexity index is 514. The summed E-state index contributed by atoms with van der Waals surface area (Å²) in [6.45, 7) is 1.98. The van der Waals surface area contributed by atoms with Gasteiger partial charge in [0.1, 0.15) is 6.04 Å². The number of carbonyl (C=O) groups is 1. The molecule has 0 saturated carbocycles. The van der Waals surface area contributed by atoms with Crippen LogP contribution in [0.1, 0.15) is 30.3 Å². The fourth-order valence-electron chi connectivity index (χ4n) is 1.83. The number of benzene rings is 1. The molecule has 1 N–H and O–H groups in total. The van der Waals surface area contributed by atoms with Crippen molar-refractivity contribution in [2.24, 2.45) is 0 Å². The van der Waals surface area contributed by atoms with E-state index in [-0.39, 0.29) is 12.0 Å². The third kappa shape index (κ3) is 3.39. The predicted molar refractivity (Wildman–Crippen MR) is 74.9 cm³/mol. The molecule has 2 rings (SSSR count). The van der Waals surface area contributed by atoms with Crippen LogP contribution in [0.2, 0.25) is 0 Å². The van der Waals surface area contributed by atoms with Crippen LogP contribution in [0.25, 0.3) is 0 Å². The first-order valence-corrected chi connectivity index (χ1v) is 6.93. The molecule has 0 fully saturated rings. The maximum atomic E-state index is 11.9. The van der Waals surface area contributed by atoms with Gasteiger partial charge in [0.2, 0.25) is 0 Å². The lowest BCUT2D eigenvalue weighted by molar-refractivity contribution is -0.143. The largest absolute Gasteiger partial charge is 0.468 e. The maximum absolute atomic E-state index is 11.9. The number of hydrogen-bond donors (Lipinski definition) is 1. The first-order chi connectivity index (χ1) is 9.22. The van der Waals surface area contributed by atoms with Crippen molar-refractivity contribution in [1.82, 2.24) is 10.3 Å². The molecule has 2 atom stereocenters. The van der Waals surface area contributed by atoms with Gasteiger partial charge in [-0.1, -0.05) is 30.3 Å². The van der Waals surface area contributed by atoms with Crippen molar-refractivity contribution in [1.29, 1.82) is 0 Å². The van der Waals surface area contributed by atoms with Gasteiger partial charge in [0, 0.05) is 11.4 Å². The van der Waals surface area contributed by atoms with E-state index in [0.29, 0.717) is 0 Å². The van der Waals surface area contributed by atoms with Gasteiger partial charge in [0.15, 0.2) is 0 Å². The van der Waals surface area contributed by atoms with E-state index in [1.54, 1.807) is 5.51 Å². The van der Waals surface area contributed by atoms with E-state index in [1.807, 2.05) is 42.6 Å². The summed E-state index contributed by atoms with van der Waals surface area (Å²) in [6.07, 6.45) is 0. The number of esters is 1. The summed E-state index contributed by atoms with van der Waals surface area (Å²) in [6, 6.07) is 9.03. The molecule has 0 amide bonds. The maximum Gasteiger partial charge on any atom is 0.327 e. The lowest BCUT2D eigenvalue weighted by Crippen LogP contribution is -2.31. The number of nitrogens with one attached hydrogen (secondary N) is 1. The summed E-state index contributed by atoms with van der Waals surface area (Å²) in [4.78, 5) is 16.2. The first kappa shape index (κ1) is 13.7. The zero-order valence-corrected chi connectivity index (χ0v) is 11.7. The van der Waals surface area contributed by atoms with E-state index in [9.17, 15) is 4.79 Å². The van der Waals surface area contributed by atoms with Gasteiger partial charge in [-0.05, 0) is 12.5 Å². The minimum atomic E-state index is -0.483. The molecule has 4 nitrogen and oxygen atoms in total. The number of nitrogens with zero attached hydrogens (tertiary/aromatic N) is 1. The van der Waals surface area contributed by atoms with E-state index in [0.717, 1.165) is 11.3 Å². The highest BCUT2D eigenvalue weighted by atomic mass is 32.1. The monoisotopic (exact) mass is 276 g/mol. The lowest BCUT2D eigenvalue weighted by atomic mass is 10.1. The van der Waals surface area contributed by atoms with Crippen LogP contribution in [0, 0.1) is 0 Å². The van der Waals surface area contributed by atoms with Crippen molar-refractivity contribution >= 4 is 17.3 Å². The Morgan fingerprint density at radius 2 is 2.11 bits per heavy atom. The number of hydrogen-bond acceptors (Lipinski definition) is 5. The Kier molecular flexibility index (Phi) is 4.65. The van der Waals surface area contributed by atoms with Gasteiger partial charge in [-0.15, -0.1) is 11.3 Å². The van der Waals surface area contributed by atoms with Gasteiger partial charge in [-0.25, -0.2) is 9.78 Å². The molecule has 0 aliphatic heterocycles. The van der Waals surface area contributed by atoms with E-state index in [4.69, 9.17) is 4.74 Å². The Morgan fingerprint density at radius 1 is 1.37 bits per heavy atom. The van der Waals surface area contributed by atoms with Gasteiger partial charge in [0.05, 0.1) is 18.3 Å². The molecular formula is C14H16N2O2S. The number of carbonyl (C=O) groups excluding carboxylic acids is 1. The van der Waals surface area contributed by atoms with Gasteiger partial charge < -0.3 is 4.74 Å². The topological polar surface area (TPSA) is 51.2 Å². The first-order valence-electron chi connectivity index (χ1n) is 5.99. The Hall–Kier alpha value is -1.72. The third-order valence-electron chi connectivity index (χ3n) is 2.88. The van der Waals surface area contributed by atoms with Crippen molar-refractivity contribution in [2.45, 2.75) is 19.0 Å². The molecule has 0 spiro atoms. The molecule has 2 aromatic rings. The molecule has 19 heavy (non-hydrogen) atoms. The fourth-order valence-corrected chi connectivity index (χ4v) is 2.48. The summed E-state index contributed by atoms with van der Waals surface area (Å²) in [5, 5.41) is 5.23. The van der Waals surface area contributed by atoms with Crippen molar-refractivity contribution in [3.05, 3.63) is 52.5 Å². The molecule has 1 heterocycles. The minimum absolute atomic E-state index is 0.0180. The number of rotatable bonds is 5. The quantitative estimate of drug-likeness (QED) is 0.853. The normalized spacial score (nSPS) is 13.8. The number of methoxy groups -OCH3 is 1. The van der Waals surface area contributed by atoms with Crippen molar-refractivity contribution in [2.75, 3.05) is 7.11 Å². The van der Waals surface area contributed by atoms with Gasteiger partial charge in [0.25, 0.3) is 0 Å². The predicted octanol–water partition coefficient (Wildman–Crippen LogP) is 2.71. The molecule has 1 aromatic heterocycles. The van der Waals surface area contributed by atoms with Crippen LogP contribution in [-0.2, 0) is 9.53 Å². The van der Waals surface area contributed by atoms with Gasteiger partial charge in [-0.2, -0.15) is 0 Å². The second kappa shape index (κ2) is 6.45. The fraction of sp³-hybridized carbons (Fsp3) is 0.286. The SMILES string of the molecule is COC(=O)C(NC(C)c1cscn1)c1ccccc1. The average Bonchev–Trinajstić information content (AvgIpc) is 2.99. The summed E-state index contributed by atoms with van der Waals surface area (Å²) in [7, 11) is 1.40. The summed E-state index contributed by atoms with van der Waals surface area (Å²) >= 11 is 1.54. The smallest absolute Gasteiger partial charge is 0.327 e. The zero-order chi connectivity index (χ0) is 13.7. The second-order valence-electron chi connectivity index (χ2n) is 4.17. The summed E-state index contributed by atoms with van der Waals surface area (Å²) in [5.41, 5.74) is 3.59. The molecule has 5 heteroatoms. The van der Waals surface area contributed by atoms with Crippen LogP contribution in [0.15, 0.2) is 41.2 Å². The van der Waals surface area contributed by atoms with Crippen LogP contribution >= 0.6 is 11.3 Å². The molecule has 100 valence electrons. The Morgan fingerprint density at radius 3 is 2.68 bits per heavy atom. The van der Waals surface area contributed by atoms with Gasteiger partial charge in [-0.3, -0.25) is 5.32 Å². The van der Waals surface area contributed by atoms with E-state index < -0.39 is 6.04 Å². The van der Waals surface area contributed by atoms with E-state index >= 15 is 0 Å². The molecule has 0 aliphatic rings. The highest BCUT2D eigenvalue weighted by Crippen LogP contribution is 2.20. The van der Waals surface area contributed by atoms with Crippen LogP contribution in [0.4, 0.5) is 0 Å². The Balaban J connectivity index is 2.17. The summed E-state index contributed by atoms with van der Waals surface area (Å²) in [5.74, 6) is -0.298. The van der Waals surface area contributed by atoms with Crippen LogP contribution < -0.4 is 5.32 Å². The van der Waals surface area contributed by atoms with Gasteiger partial charge >= 0.3 is 5.97 Å². The molecule has 0 aliphatic carbocycles. The molecule has 0 radical (unpaired) electrons. The van der Waals surface area contributed by atoms with Crippen molar-refractivity contribution in [3.8, 4) is 0 Å². The number of thiazole rings is 1. The second-order valence-corrected chi connectivity index (χ2v) is 4.89. The third-order valence-corrected chi connectivity index (χ3v) is 3.49. The summed E-state index contributed by atoms with van der Waals surface area (Å²) < 4.78 is 4.87. The van der Waals surface area contributed by atoms with Crippen LogP contribution in [0.5, 0.6) is 0 Å². The molecule has 2 unspecified atom stereocenters. The van der Waals surface area contributed by atoms with Crippen molar-refractivity contribution in [3.63, 3.8) is 0 Å².